The Morgan fingerprint density at radius 2 is 2.12 bits per heavy atom. The number of carbonyl (C=O) groups excluding carboxylic acids is 1. The molecule has 17 heavy (non-hydrogen) atoms. The zero-order chi connectivity index (χ0) is 12.7. The van der Waals surface area contributed by atoms with E-state index in [1.165, 1.54) is 0 Å². The van der Waals surface area contributed by atoms with E-state index in [0.717, 1.165) is 32.5 Å². The Bertz CT molecular complexity index is 229. The lowest BCUT2D eigenvalue weighted by Crippen LogP contribution is -2.47. The summed E-state index contributed by atoms with van der Waals surface area (Å²) >= 11 is 0. The van der Waals surface area contributed by atoms with Crippen molar-refractivity contribution in [3.05, 3.63) is 0 Å². The van der Waals surface area contributed by atoms with Crippen LogP contribution in [0.15, 0.2) is 0 Å². The molecule has 0 bridgehead atoms. The van der Waals surface area contributed by atoms with Crippen molar-refractivity contribution in [3.8, 4) is 0 Å². The third kappa shape index (κ3) is 5.04. The standard InChI is InChI=1S/C13H26N2O2/c1-4-11(5-2)15-13(16)8-14-12-6-7-17-9-10(12)3/h10-12,14H,4-9H2,1-3H3,(H,15,16). The smallest absolute Gasteiger partial charge is 0.234 e. The second-order valence-corrected chi connectivity index (χ2v) is 4.91. The van der Waals surface area contributed by atoms with E-state index in [-0.39, 0.29) is 5.91 Å². The quantitative estimate of drug-likeness (QED) is 0.738. The minimum Gasteiger partial charge on any atom is -0.381 e. The molecule has 1 fully saturated rings. The van der Waals surface area contributed by atoms with Crippen molar-refractivity contribution in [3.63, 3.8) is 0 Å². The molecule has 2 atom stereocenters. The molecule has 0 spiro atoms. The van der Waals surface area contributed by atoms with Crippen LogP contribution in [0.2, 0.25) is 0 Å². The highest BCUT2D eigenvalue weighted by Gasteiger charge is 2.22. The molecule has 0 aromatic carbocycles. The molecule has 4 heteroatoms. The maximum Gasteiger partial charge on any atom is 0.234 e. The zero-order valence-corrected chi connectivity index (χ0v) is 11.3. The second-order valence-electron chi connectivity index (χ2n) is 4.91. The van der Waals surface area contributed by atoms with Crippen LogP contribution in [0.1, 0.15) is 40.0 Å². The molecule has 0 saturated carbocycles. The average Bonchev–Trinajstić information content (AvgIpc) is 2.35. The van der Waals surface area contributed by atoms with E-state index in [1.54, 1.807) is 0 Å². The molecule has 1 saturated heterocycles. The molecule has 100 valence electrons. The molecule has 0 aromatic heterocycles. The minimum absolute atomic E-state index is 0.109. The zero-order valence-electron chi connectivity index (χ0n) is 11.3. The molecule has 1 amide bonds. The third-order valence-corrected chi connectivity index (χ3v) is 3.52. The lowest BCUT2D eigenvalue weighted by atomic mass is 9.98. The van der Waals surface area contributed by atoms with Gasteiger partial charge in [-0.25, -0.2) is 0 Å². The first-order valence-corrected chi connectivity index (χ1v) is 6.77. The van der Waals surface area contributed by atoms with Crippen LogP contribution in [0.5, 0.6) is 0 Å². The van der Waals surface area contributed by atoms with Crippen LogP contribution in [-0.2, 0) is 9.53 Å². The van der Waals surface area contributed by atoms with Gasteiger partial charge in [-0.2, -0.15) is 0 Å². The van der Waals surface area contributed by atoms with Crippen molar-refractivity contribution < 1.29 is 9.53 Å². The van der Waals surface area contributed by atoms with Crippen LogP contribution < -0.4 is 10.6 Å². The molecule has 2 unspecified atom stereocenters. The molecule has 0 aromatic rings. The maximum atomic E-state index is 11.7. The Labute approximate surface area is 104 Å². The molecule has 0 aliphatic carbocycles. The summed E-state index contributed by atoms with van der Waals surface area (Å²) in [5.41, 5.74) is 0. The molecular formula is C13H26N2O2. The van der Waals surface area contributed by atoms with Gasteiger partial charge in [0.1, 0.15) is 0 Å². The summed E-state index contributed by atoms with van der Waals surface area (Å²) in [6.07, 6.45) is 2.99. The van der Waals surface area contributed by atoms with Crippen LogP contribution >= 0.6 is 0 Å². The SMILES string of the molecule is CCC(CC)NC(=O)CNC1CCOCC1C. The van der Waals surface area contributed by atoms with E-state index >= 15 is 0 Å². The number of hydrogen-bond donors (Lipinski definition) is 2. The summed E-state index contributed by atoms with van der Waals surface area (Å²) in [7, 11) is 0. The van der Waals surface area contributed by atoms with Crippen molar-refractivity contribution in [2.24, 2.45) is 5.92 Å². The van der Waals surface area contributed by atoms with E-state index in [4.69, 9.17) is 4.74 Å². The first kappa shape index (κ1) is 14.5. The summed E-state index contributed by atoms with van der Waals surface area (Å²) in [6, 6.07) is 0.729. The van der Waals surface area contributed by atoms with E-state index in [9.17, 15) is 4.79 Å². The molecule has 1 rings (SSSR count). The van der Waals surface area contributed by atoms with Gasteiger partial charge in [-0.1, -0.05) is 20.8 Å². The second kappa shape index (κ2) is 7.67. The van der Waals surface area contributed by atoms with Gasteiger partial charge in [-0.05, 0) is 25.2 Å². The van der Waals surface area contributed by atoms with Crippen LogP contribution in [0.3, 0.4) is 0 Å². The Hall–Kier alpha value is -0.610. The summed E-state index contributed by atoms with van der Waals surface area (Å²) in [5.74, 6) is 0.599. The molecule has 4 nitrogen and oxygen atoms in total. The maximum absolute atomic E-state index is 11.7. The van der Waals surface area contributed by atoms with Crippen LogP contribution in [-0.4, -0.2) is 37.7 Å². The number of ether oxygens (including phenoxy) is 1. The highest BCUT2D eigenvalue weighted by atomic mass is 16.5. The van der Waals surface area contributed by atoms with Gasteiger partial charge in [0.15, 0.2) is 0 Å². The van der Waals surface area contributed by atoms with Gasteiger partial charge in [0.2, 0.25) is 5.91 Å². The monoisotopic (exact) mass is 242 g/mol. The van der Waals surface area contributed by atoms with Gasteiger partial charge in [-0.15, -0.1) is 0 Å². The fourth-order valence-electron chi connectivity index (χ4n) is 2.18. The highest BCUT2D eigenvalue weighted by molar-refractivity contribution is 5.78. The van der Waals surface area contributed by atoms with Crippen molar-refractivity contribution in [2.75, 3.05) is 19.8 Å². The minimum atomic E-state index is 0.109. The van der Waals surface area contributed by atoms with Crippen molar-refractivity contribution in [1.29, 1.82) is 0 Å². The van der Waals surface area contributed by atoms with Crippen LogP contribution in [0, 0.1) is 5.92 Å². The van der Waals surface area contributed by atoms with Crippen LogP contribution in [0.4, 0.5) is 0 Å². The third-order valence-electron chi connectivity index (χ3n) is 3.52. The fraction of sp³-hybridized carbons (Fsp3) is 0.923. The van der Waals surface area contributed by atoms with Gasteiger partial charge in [-0.3, -0.25) is 4.79 Å². The number of nitrogens with one attached hydrogen (secondary N) is 2. The molecule has 1 aliphatic heterocycles. The molecule has 0 radical (unpaired) electrons. The highest BCUT2D eigenvalue weighted by Crippen LogP contribution is 2.13. The fourth-order valence-corrected chi connectivity index (χ4v) is 2.18. The first-order chi connectivity index (χ1) is 8.17. The number of carbonyl (C=O) groups is 1. The Morgan fingerprint density at radius 1 is 1.41 bits per heavy atom. The number of hydrogen-bond acceptors (Lipinski definition) is 3. The molecule has 2 N–H and O–H groups in total. The summed E-state index contributed by atoms with van der Waals surface area (Å²) in [5, 5.41) is 6.37. The lowest BCUT2D eigenvalue weighted by molar-refractivity contribution is -0.121. The summed E-state index contributed by atoms with van der Waals surface area (Å²) in [6.45, 7) is 8.38. The first-order valence-electron chi connectivity index (χ1n) is 6.77. The van der Waals surface area contributed by atoms with Gasteiger partial charge in [0.25, 0.3) is 0 Å². The van der Waals surface area contributed by atoms with Gasteiger partial charge < -0.3 is 15.4 Å². The largest absolute Gasteiger partial charge is 0.381 e. The van der Waals surface area contributed by atoms with Crippen LogP contribution in [0.25, 0.3) is 0 Å². The topological polar surface area (TPSA) is 50.4 Å². The van der Waals surface area contributed by atoms with Gasteiger partial charge >= 0.3 is 0 Å². The van der Waals surface area contributed by atoms with Gasteiger partial charge in [0.05, 0.1) is 13.2 Å². The molecular weight excluding hydrogens is 216 g/mol. The summed E-state index contributed by atoms with van der Waals surface area (Å²) < 4.78 is 5.38. The number of rotatable bonds is 6. The van der Waals surface area contributed by atoms with E-state index in [1.807, 2.05) is 0 Å². The van der Waals surface area contributed by atoms with Gasteiger partial charge in [0, 0.05) is 18.7 Å². The van der Waals surface area contributed by atoms with E-state index < -0.39 is 0 Å². The Kier molecular flexibility index (Phi) is 6.52. The Morgan fingerprint density at radius 3 is 2.71 bits per heavy atom. The average molecular weight is 242 g/mol. The van der Waals surface area contributed by atoms with Crippen molar-refractivity contribution in [1.82, 2.24) is 10.6 Å². The normalized spacial score (nSPS) is 24.9. The van der Waals surface area contributed by atoms with E-state index in [2.05, 4.69) is 31.4 Å². The Balaban J connectivity index is 2.22. The molecule has 1 aliphatic rings. The predicted octanol–water partition coefficient (Wildman–Crippen LogP) is 1.31. The molecule has 1 heterocycles. The predicted molar refractivity (Wildman–Crippen MR) is 68.9 cm³/mol. The lowest BCUT2D eigenvalue weighted by Gasteiger charge is -2.29. The van der Waals surface area contributed by atoms with Crippen molar-refractivity contribution >= 4 is 5.91 Å². The summed E-state index contributed by atoms with van der Waals surface area (Å²) in [4.78, 5) is 11.7. The number of amides is 1. The van der Waals surface area contributed by atoms with Crippen molar-refractivity contribution in [2.45, 2.75) is 52.1 Å². The van der Waals surface area contributed by atoms with E-state index in [0.29, 0.717) is 24.5 Å².